The molecular formula is C34H28ClNO4S. The lowest BCUT2D eigenvalue weighted by Gasteiger charge is -2.17. The van der Waals surface area contributed by atoms with Crippen molar-refractivity contribution in [2.24, 2.45) is 7.05 Å². The topological polar surface area (TPSA) is 96.1 Å². The number of rotatable bonds is 4. The van der Waals surface area contributed by atoms with Gasteiger partial charge in [-0.25, -0.2) is 18.6 Å². The van der Waals surface area contributed by atoms with Crippen LogP contribution in [0.15, 0.2) is 115 Å². The third-order valence-corrected chi connectivity index (χ3v) is 8.16. The predicted molar refractivity (Wildman–Crippen MR) is 154 cm³/mol. The van der Waals surface area contributed by atoms with E-state index in [2.05, 4.69) is 141 Å². The number of fused-ring (bicyclic) bond motifs is 1. The van der Waals surface area contributed by atoms with Gasteiger partial charge in [0.15, 0.2) is 0 Å². The van der Waals surface area contributed by atoms with Gasteiger partial charge in [-0.15, -0.1) is 10.2 Å². The van der Waals surface area contributed by atoms with Gasteiger partial charge in [0.05, 0.1) is 5.56 Å². The van der Waals surface area contributed by atoms with Crippen LogP contribution in [0.25, 0.3) is 54.2 Å². The Balaban J connectivity index is 0.000000623. The molecule has 1 aromatic heterocycles. The van der Waals surface area contributed by atoms with E-state index in [4.69, 9.17) is 18.6 Å². The summed E-state index contributed by atoms with van der Waals surface area (Å²) >= 11 is 1.87. The number of para-hydroxylation sites is 1. The van der Waals surface area contributed by atoms with Gasteiger partial charge in [0.2, 0.25) is 5.52 Å². The first kappa shape index (κ1) is 28.6. The van der Waals surface area contributed by atoms with Crippen LogP contribution >= 0.6 is 11.3 Å². The van der Waals surface area contributed by atoms with Gasteiger partial charge < -0.3 is 0 Å². The van der Waals surface area contributed by atoms with Crippen molar-refractivity contribution in [2.45, 2.75) is 13.8 Å². The van der Waals surface area contributed by atoms with E-state index in [-0.39, 0.29) is 0 Å². The molecule has 0 radical (unpaired) electrons. The summed E-state index contributed by atoms with van der Waals surface area (Å²) in [7, 11) is -2.75. The van der Waals surface area contributed by atoms with Crippen LogP contribution in [0.4, 0.5) is 0 Å². The molecular weight excluding hydrogens is 554 g/mol. The minimum atomic E-state index is -4.94. The van der Waals surface area contributed by atoms with Gasteiger partial charge in [0.1, 0.15) is 11.7 Å². The number of aromatic nitrogens is 1. The molecule has 0 atom stereocenters. The molecule has 0 aliphatic carbocycles. The van der Waals surface area contributed by atoms with E-state index in [9.17, 15) is 0 Å². The quantitative estimate of drug-likeness (QED) is 0.291. The third-order valence-electron chi connectivity index (χ3n) is 6.92. The molecule has 41 heavy (non-hydrogen) atoms. The van der Waals surface area contributed by atoms with Gasteiger partial charge in [-0.1, -0.05) is 113 Å². The Kier molecular flexibility index (Phi) is 8.33. The monoisotopic (exact) mass is 581 g/mol. The highest BCUT2D eigenvalue weighted by Crippen LogP contribution is 2.44. The van der Waals surface area contributed by atoms with Gasteiger partial charge >= 0.3 is 0 Å². The summed E-state index contributed by atoms with van der Waals surface area (Å²) in [5, 5.41) is 1.27. The molecule has 0 aliphatic rings. The second-order valence-corrected chi connectivity index (χ2v) is 11.6. The highest BCUT2D eigenvalue weighted by molar-refractivity contribution is 7.21. The Morgan fingerprint density at radius 1 is 0.561 bits per heavy atom. The van der Waals surface area contributed by atoms with Crippen molar-refractivity contribution in [1.82, 2.24) is 0 Å². The van der Waals surface area contributed by atoms with Gasteiger partial charge in [0.25, 0.3) is 5.01 Å². The average Bonchev–Trinajstić information content (AvgIpc) is 3.29. The standard InChI is InChI=1S/C34H28NS.ClHO4/c1-23-13-17-26(18-14-23)29-21-28(25-9-5-4-6-10-25)22-30(27-19-15-24(2)16-20-27)33(29)34-35(3)31-11-7-8-12-32(31)36-34;2-1(3,4)5/h4-22H,1-3H3;(H,2,3,4,5)/q+1;/p-1. The third kappa shape index (κ3) is 6.72. The molecule has 0 amide bonds. The highest BCUT2D eigenvalue weighted by atomic mass is 35.7. The molecule has 0 bridgehead atoms. The molecule has 0 N–H and O–H groups in total. The minimum Gasteiger partial charge on any atom is -0.222 e. The molecule has 0 aliphatic heterocycles. The summed E-state index contributed by atoms with van der Waals surface area (Å²) in [5.74, 6) is 0. The van der Waals surface area contributed by atoms with E-state index < -0.39 is 10.2 Å². The second-order valence-electron chi connectivity index (χ2n) is 9.86. The molecule has 1 heterocycles. The minimum absolute atomic E-state index is 1.23. The summed E-state index contributed by atoms with van der Waals surface area (Å²) in [6, 6.07) is 42.0. The van der Waals surface area contributed by atoms with Crippen LogP contribution < -0.4 is 23.2 Å². The van der Waals surface area contributed by atoms with Crippen molar-refractivity contribution in [3.8, 4) is 44.0 Å². The SMILES string of the molecule is Cc1ccc(-c2cc(-c3ccccc3)cc(-c3ccc(C)cc3)c2-c2sc3ccccc3[n+]2C)cc1.[O-][Cl+3]([O-])([O-])[O-]. The molecule has 6 aromatic rings. The second kappa shape index (κ2) is 11.9. The lowest BCUT2D eigenvalue weighted by molar-refractivity contribution is -2.00. The van der Waals surface area contributed by atoms with Gasteiger partial charge in [-0.2, -0.15) is 4.57 Å². The molecule has 6 rings (SSSR count). The number of aryl methyl sites for hydroxylation is 3. The Labute approximate surface area is 245 Å². The molecule has 0 spiro atoms. The molecule has 0 saturated heterocycles. The fourth-order valence-corrected chi connectivity index (χ4v) is 6.13. The van der Waals surface area contributed by atoms with E-state index in [1.54, 1.807) is 0 Å². The number of nitrogens with zero attached hydrogens (tertiary/aromatic N) is 1. The van der Waals surface area contributed by atoms with Crippen LogP contribution in [-0.4, -0.2) is 0 Å². The summed E-state index contributed by atoms with van der Waals surface area (Å²) in [4.78, 5) is 0. The molecule has 206 valence electrons. The summed E-state index contributed by atoms with van der Waals surface area (Å²) in [5.41, 5.74) is 12.5. The van der Waals surface area contributed by atoms with Crippen molar-refractivity contribution < 1.29 is 33.4 Å². The predicted octanol–water partition coefficient (Wildman–Crippen LogP) is 4.25. The average molecular weight is 582 g/mol. The van der Waals surface area contributed by atoms with E-state index in [0.29, 0.717) is 0 Å². The van der Waals surface area contributed by atoms with Gasteiger partial charge in [0, 0.05) is 6.07 Å². The highest BCUT2D eigenvalue weighted by Gasteiger charge is 2.26. The van der Waals surface area contributed by atoms with Crippen molar-refractivity contribution in [3.05, 3.63) is 126 Å². The van der Waals surface area contributed by atoms with Crippen molar-refractivity contribution in [2.75, 3.05) is 0 Å². The number of hydrogen-bond donors (Lipinski definition) is 0. The van der Waals surface area contributed by atoms with E-state index in [0.717, 1.165) is 0 Å². The van der Waals surface area contributed by atoms with Crippen molar-refractivity contribution >= 4 is 21.6 Å². The first-order chi connectivity index (χ1) is 19.6. The fraction of sp³-hybridized carbons (Fsp3) is 0.0882. The zero-order chi connectivity index (χ0) is 29.1. The number of thiazole rings is 1. The van der Waals surface area contributed by atoms with Crippen molar-refractivity contribution in [3.63, 3.8) is 0 Å². The maximum Gasteiger partial charge on any atom is 0.271 e. The molecule has 0 fully saturated rings. The first-order valence-corrected chi connectivity index (χ1v) is 15.0. The Hall–Kier alpha value is -3.88. The number of hydrogen-bond acceptors (Lipinski definition) is 5. The molecule has 0 unspecified atom stereocenters. The maximum absolute atomic E-state index is 8.49. The number of halogens is 1. The van der Waals surface area contributed by atoms with Crippen LogP contribution in [0.2, 0.25) is 0 Å². The fourth-order valence-electron chi connectivity index (χ4n) is 4.91. The zero-order valence-electron chi connectivity index (χ0n) is 22.8. The molecule has 7 heteroatoms. The Bertz CT molecular complexity index is 1720. The lowest BCUT2D eigenvalue weighted by atomic mass is 9.87. The number of benzene rings is 5. The van der Waals surface area contributed by atoms with E-state index in [1.807, 2.05) is 11.3 Å². The van der Waals surface area contributed by atoms with E-state index >= 15 is 0 Å². The maximum atomic E-state index is 8.49. The smallest absolute Gasteiger partial charge is 0.222 e. The van der Waals surface area contributed by atoms with Gasteiger partial charge in [-0.3, -0.25) is 0 Å². The largest absolute Gasteiger partial charge is 0.271 e. The van der Waals surface area contributed by atoms with E-state index in [1.165, 1.54) is 65.3 Å². The lowest BCUT2D eigenvalue weighted by Crippen LogP contribution is -2.68. The molecule has 0 saturated carbocycles. The molecule has 5 aromatic carbocycles. The van der Waals surface area contributed by atoms with Gasteiger partial charge in [-0.05, 0) is 65.4 Å². The summed E-state index contributed by atoms with van der Waals surface area (Å²) in [6.07, 6.45) is 0. The first-order valence-electron chi connectivity index (χ1n) is 13.0. The van der Waals surface area contributed by atoms with Crippen LogP contribution in [0.3, 0.4) is 0 Å². The normalized spacial score (nSPS) is 11.3. The Morgan fingerprint density at radius 2 is 1.02 bits per heavy atom. The summed E-state index contributed by atoms with van der Waals surface area (Å²) < 4.78 is 37.6. The van der Waals surface area contributed by atoms with Crippen LogP contribution in [-0.2, 0) is 7.05 Å². The van der Waals surface area contributed by atoms with Crippen LogP contribution in [0.5, 0.6) is 0 Å². The zero-order valence-corrected chi connectivity index (χ0v) is 24.4. The van der Waals surface area contributed by atoms with Crippen LogP contribution in [0, 0.1) is 24.1 Å². The Morgan fingerprint density at radius 3 is 1.51 bits per heavy atom. The summed E-state index contributed by atoms with van der Waals surface area (Å²) in [6.45, 7) is 4.30. The van der Waals surface area contributed by atoms with Crippen LogP contribution in [0.1, 0.15) is 11.1 Å². The van der Waals surface area contributed by atoms with Crippen molar-refractivity contribution in [1.29, 1.82) is 0 Å². The molecule has 5 nitrogen and oxygen atoms in total.